The molecule has 1 heterocycles. The fourth-order valence-electron chi connectivity index (χ4n) is 3.10. The Morgan fingerprint density at radius 3 is 2.50 bits per heavy atom. The number of thiocarbonyl (C=S) groups is 1. The van der Waals surface area contributed by atoms with Gasteiger partial charge in [0.2, 0.25) is 0 Å². The molecule has 2 fully saturated rings. The molecule has 0 aromatic carbocycles. The standard InChI is InChI=1S/C14H27N3S/c1-12(11-17-9-5-2-6-10-17)15-14(18)16-13-7-3-4-8-13/h12-13H,2-11H2,1H3,(H2,15,16,18). The lowest BCUT2D eigenvalue weighted by Gasteiger charge is -2.30. The highest BCUT2D eigenvalue weighted by molar-refractivity contribution is 7.80. The van der Waals surface area contributed by atoms with E-state index in [1.165, 1.54) is 58.0 Å². The van der Waals surface area contributed by atoms with E-state index in [-0.39, 0.29) is 0 Å². The van der Waals surface area contributed by atoms with Crippen LogP contribution in [0.1, 0.15) is 51.9 Å². The third kappa shape index (κ3) is 4.73. The van der Waals surface area contributed by atoms with Crippen molar-refractivity contribution in [3.05, 3.63) is 0 Å². The number of nitrogens with one attached hydrogen (secondary N) is 2. The van der Waals surface area contributed by atoms with E-state index < -0.39 is 0 Å². The fourth-order valence-corrected chi connectivity index (χ4v) is 3.46. The zero-order valence-electron chi connectivity index (χ0n) is 11.6. The molecule has 0 spiro atoms. The molecule has 1 unspecified atom stereocenters. The van der Waals surface area contributed by atoms with Crippen molar-refractivity contribution in [2.24, 2.45) is 0 Å². The van der Waals surface area contributed by atoms with Crippen LogP contribution in [0.15, 0.2) is 0 Å². The van der Waals surface area contributed by atoms with Crippen LogP contribution >= 0.6 is 12.2 Å². The number of hydrogen-bond acceptors (Lipinski definition) is 2. The largest absolute Gasteiger partial charge is 0.360 e. The summed E-state index contributed by atoms with van der Waals surface area (Å²) in [5.74, 6) is 0. The van der Waals surface area contributed by atoms with E-state index in [1.807, 2.05) is 0 Å². The second kappa shape index (κ2) is 7.29. The lowest BCUT2D eigenvalue weighted by atomic mass is 10.1. The summed E-state index contributed by atoms with van der Waals surface area (Å²) < 4.78 is 0. The maximum Gasteiger partial charge on any atom is 0.166 e. The highest BCUT2D eigenvalue weighted by Crippen LogP contribution is 2.17. The van der Waals surface area contributed by atoms with Crippen LogP contribution in [0.25, 0.3) is 0 Å². The minimum absolute atomic E-state index is 0.449. The molecule has 1 saturated heterocycles. The van der Waals surface area contributed by atoms with Gasteiger partial charge in [0.15, 0.2) is 5.11 Å². The molecule has 0 radical (unpaired) electrons. The Hall–Kier alpha value is -0.350. The van der Waals surface area contributed by atoms with Gasteiger partial charge in [-0.3, -0.25) is 0 Å². The summed E-state index contributed by atoms with van der Waals surface area (Å²) in [7, 11) is 0. The van der Waals surface area contributed by atoms with Crippen LogP contribution in [0.2, 0.25) is 0 Å². The van der Waals surface area contributed by atoms with Crippen LogP contribution < -0.4 is 10.6 Å². The minimum atomic E-state index is 0.449. The summed E-state index contributed by atoms with van der Waals surface area (Å²) in [6, 6.07) is 1.07. The van der Waals surface area contributed by atoms with Crippen molar-refractivity contribution in [3.8, 4) is 0 Å². The molecule has 18 heavy (non-hydrogen) atoms. The molecule has 2 rings (SSSR count). The smallest absolute Gasteiger partial charge is 0.166 e. The number of nitrogens with zero attached hydrogens (tertiary/aromatic N) is 1. The summed E-state index contributed by atoms with van der Waals surface area (Å²) in [5.41, 5.74) is 0. The molecule has 1 atom stereocenters. The van der Waals surface area contributed by atoms with Gasteiger partial charge in [-0.25, -0.2) is 0 Å². The SMILES string of the molecule is CC(CN1CCCCC1)NC(=S)NC1CCCC1. The van der Waals surface area contributed by atoms with Crippen LogP contribution in [0.3, 0.4) is 0 Å². The average molecular weight is 269 g/mol. The molecule has 0 aromatic heterocycles. The van der Waals surface area contributed by atoms with Crippen LogP contribution in [0.4, 0.5) is 0 Å². The van der Waals surface area contributed by atoms with Gasteiger partial charge in [-0.05, 0) is 57.9 Å². The van der Waals surface area contributed by atoms with Gasteiger partial charge in [0.05, 0.1) is 0 Å². The third-order valence-corrected chi connectivity index (χ3v) is 4.28. The summed E-state index contributed by atoms with van der Waals surface area (Å²) in [5, 5.41) is 7.73. The van der Waals surface area contributed by atoms with Crippen molar-refractivity contribution in [1.82, 2.24) is 15.5 Å². The lowest BCUT2D eigenvalue weighted by molar-refractivity contribution is 0.215. The van der Waals surface area contributed by atoms with Crippen molar-refractivity contribution in [2.75, 3.05) is 19.6 Å². The predicted octanol–water partition coefficient (Wildman–Crippen LogP) is 2.27. The summed E-state index contributed by atoms with van der Waals surface area (Å²) in [6.45, 7) is 5.87. The number of piperidine rings is 1. The molecular weight excluding hydrogens is 242 g/mol. The van der Waals surface area contributed by atoms with Gasteiger partial charge < -0.3 is 15.5 Å². The maximum atomic E-state index is 5.39. The molecule has 4 heteroatoms. The minimum Gasteiger partial charge on any atom is -0.360 e. The van der Waals surface area contributed by atoms with Gasteiger partial charge in [0.1, 0.15) is 0 Å². The Morgan fingerprint density at radius 1 is 1.17 bits per heavy atom. The predicted molar refractivity (Wildman–Crippen MR) is 80.9 cm³/mol. The van der Waals surface area contributed by atoms with E-state index in [0.29, 0.717) is 12.1 Å². The number of rotatable bonds is 4. The molecule has 1 saturated carbocycles. The Morgan fingerprint density at radius 2 is 1.83 bits per heavy atom. The average Bonchev–Trinajstić information content (AvgIpc) is 2.82. The van der Waals surface area contributed by atoms with E-state index >= 15 is 0 Å². The van der Waals surface area contributed by atoms with Gasteiger partial charge in [-0.1, -0.05) is 19.3 Å². The monoisotopic (exact) mass is 269 g/mol. The third-order valence-electron chi connectivity index (χ3n) is 4.05. The molecule has 3 nitrogen and oxygen atoms in total. The molecule has 0 aromatic rings. The Kier molecular flexibility index (Phi) is 5.70. The van der Waals surface area contributed by atoms with Crippen LogP contribution in [0.5, 0.6) is 0 Å². The Labute approximate surface area is 117 Å². The Bertz CT molecular complexity index is 258. The van der Waals surface area contributed by atoms with Gasteiger partial charge in [-0.2, -0.15) is 0 Å². The summed E-state index contributed by atoms with van der Waals surface area (Å²) in [4.78, 5) is 2.55. The van der Waals surface area contributed by atoms with Crippen LogP contribution in [0, 0.1) is 0 Å². The zero-order chi connectivity index (χ0) is 12.8. The summed E-state index contributed by atoms with van der Waals surface area (Å²) >= 11 is 5.39. The second-order valence-corrected chi connectivity index (χ2v) is 6.27. The molecular formula is C14H27N3S. The molecule has 0 amide bonds. The van der Waals surface area contributed by atoms with Crippen LogP contribution in [-0.2, 0) is 0 Å². The number of likely N-dealkylation sites (tertiary alicyclic amines) is 1. The molecule has 2 aliphatic rings. The lowest BCUT2D eigenvalue weighted by Crippen LogP contribution is -2.48. The topological polar surface area (TPSA) is 27.3 Å². The highest BCUT2D eigenvalue weighted by Gasteiger charge is 2.17. The summed E-state index contributed by atoms with van der Waals surface area (Å²) in [6.07, 6.45) is 9.38. The van der Waals surface area contributed by atoms with Crippen LogP contribution in [-0.4, -0.2) is 41.7 Å². The van der Waals surface area contributed by atoms with Gasteiger partial charge >= 0.3 is 0 Å². The quantitative estimate of drug-likeness (QED) is 0.766. The van der Waals surface area contributed by atoms with E-state index in [4.69, 9.17) is 12.2 Å². The normalized spacial score (nSPS) is 23.8. The Balaban J connectivity index is 1.62. The van der Waals surface area contributed by atoms with Crippen molar-refractivity contribution < 1.29 is 0 Å². The molecule has 1 aliphatic heterocycles. The van der Waals surface area contributed by atoms with E-state index in [0.717, 1.165) is 11.7 Å². The van der Waals surface area contributed by atoms with E-state index in [2.05, 4.69) is 22.5 Å². The first-order valence-corrected chi connectivity index (χ1v) is 7.94. The van der Waals surface area contributed by atoms with Crippen molar-refractivity contribution in [1.29, 1.82) is 0 Å². The second-order valence-electron chi connectivity index (χ2n) is 5.86. The maximum absolute atomic E-state index is 5.39. The molecule has 1 aliphatic carbocycles. The van der Waals surface area contributed by atoms with Gasteiger partial charge in [-0.15, -0.1) is 0 Å². The van der Waals surface area contributed by atoms with E-state index in [1.54, 1.807) is 0 Å². The first kappa shape index (κ1) is 14.1. The number of hydrogen-bond donors (Lipinski definition) is 2. The molecule has 104 valence electrons. The first-order valence-electron chi connectivity index (χ1n) is 7.53. The molecule has 2 N–H and O–H groups in total. The van der Waals surface area contributed by atoms with Crippen molar-refractivity contribution in [3.63, 3.8) is 0 Å². The van der Waals surface area contributed by atoms with Crippen molar-refractivity contribution in [2.45, 2.75) is 64.0 Å². The van der Waals surface area contributed by atoms with Gasteiger partial charge in [0.25, 0.3) is 0 Å². The zero-order valence-corrected chi connectivity index (χ0v) is 12.4. The highest BCUT2D eigenvalue weighted by atomic mass is 32.1. The fraction of sp³-hybridized carbons (Fsp3) is 0.929. The van der Waals surface area contributed by atoms with Crippen molar-refractivity contribution >= 4 is 17.3 Å². The first-order chi connectivity index (χ1) is 8.74. The van der Waals surface area contributed by atoms with Gasteiger partial charge in [0, 0.05) is 18.6 Å². The molecule has 0 bridgehead atoms. The van der Waals surface area contributed by atoms with E-state index in [9.17, 15) is 0 Å².